The monoisotopic (exact) mass is 266 g/mol. The maximum Gasteiger partial charge on any atom is 0.123 e. The van der Waals surface area contributed by atoms with E-state index in [1.165, 1.54) is 15.6 Å². The molecule has 2 heteroatoms. The molecule has 2 atom stereocenters. The lowest BCUT2D eigenvalue weighted by Gasteiger charge is -2.27. The van der Waals surface area contributed by atoms with E-state index < -0.39 is 0 Å². The summed E-state index contributed by atoms with van der Waals surface area (Å²) >= 11 is 3.59. The lowest BCUT2D eigenvalue weighted by atomic mass is 9.78. The predicted octanol–water partition coefficient (Wildman–Crippen LogP) is 3.39. The second-order valence-electron chi connectivity index (χ2n) is 4.38. The van der Waals surface area contributed by atoms with E-state index in [2.05, 4.69) is 34.1 Å². The van der Waals surface area contributed by atoms with Crippen molar-refractivity contribution in [2.45, 2.75) is 26.2 Å². The Bertz CT molecular complexity index is 373. The quantitative estimate of drug-likeness (QED) is 0.751. The van der Waals surface area contributed by atoms with E-state index in [1.54, 1.807) is 0 Å². The summed E-state index contributed by atoms with van der Waals surface area (Å²) in [6.07, 6.45) is 4.37. The van der Waals surface area contributed by atoms with Gasteiger partial charge in [0.25, 0.3) is 0 Å². The molecule has 0 saturated heterocycles. The summed E-state index contributed by atoms with van der Waals surface area (Å²) in [4.78, 5) is 10.8. The molecular formula is C13H15BrO. The van der Waals surface area contributed by atoms with Gasteiger partial charge in [0.1, 0.15) is 6.29 Å². The van der Waals surface area contributed by atoms with Crippen molar-refractivity contribution in [2.75, 3.05) is 0 Å². The molecule has 80 valence electrons. The largest absolute Gasteiger partial charge is 0.303 e. The Kier molecular flexibility index (Phi) is 3.25. The number of carbonyl (C=O) groups is 1. The topological polar surface area (TPSA) is 17.1 Å². The molecule has 1 aliphatic rings. The van der Waals surface area contributed by atoms with Crippen molar-refractivity contribution in [3.63, 3.8) is 0 Å². The predicted molar refractivity (Wildman–Crippen MR) is 64.9 cm³/mol. The van der Waals surface area contributed by atoms with Gasteiger partial charge in [0.05, 0.1) is 0 Å². The fourth-order valence-electron chi connectivity index (χ4n) is 2.35. The van der Waals surface area contributed by atoms with Crippen molar-refractivity contribution in [2.24, 2.45) is 11.8 Å². The van der Waals surface area contributed by atoms with Gasteiger partial charge < -0.3 is 4.79 Å². The zero-order valence-electron chi connectivity index (χ0n) is 8.87. The van der Waals surface area contributed by atoms with Crippen LogP contribution in [0.1, 0.15) is 24.5 Å². The fourth-order valence-corrected chi connectivity index (χ4v) is 2.95. The van der Waals surface area contributed by atoms with E-state index in [0.717, 1.165) is 25.5 Å². The number of hydrogen-bond donors (Lipinski definition) is 0. The number of fused-ring (bicyclic) bond motifs is 1. The van der Waals surface area contributed by atoms with E-state index in [-0.39, 0.29) is 5.92 Å². The summed E-state index contributed by atoms with van der Waals surface area (Å²) in [5.41, 5.74) is 2.85. The average molecular weight is 267 g/mol. The molecule has 0 bridgehead atoms. The Balaban J connectivity index is 2.24. The van der Waals surface area contributed by atoms with Crippen LogP contribution in [0.3, 0.4) is 0 Å². The minimum atomic E-state index is 0.192. The molecule has 1 nitrogen and oxygen atoms in total. The molecule has 2 rings (SSSR count). The van der Waals surface area contributed by atoms with Gasteiger partial charge in [-0.2, -0.15) is 0 Å². The van der Waals surface area contributed by atoms with Crippen LogP contribution in [-0.4, -0.2) is 6.29 Å². The van der Waals surface area contributed by atoms with Gasteiger partial charge in [-0.15, -0.1) is 0 Å². The molecule has 0 saturated carbocycles. The van der Waals surface area contributed by atoms with Crippen molar-refractivity contribution in [3.05, 3.63) is 33.8 Å². The smallest absolute Gasteiger partial charge is 0.123 e. The van der Waals surface area contributed by atoms with Crippen molar-refractivity contribution < 1.29 is 4.79 Å². The second kappa shape index (κ2) is 4.48. The van der Waals surface area contributed by atoms with Crippen LogP contribution < -0.4 is 0 Å². The molecule has 0 amide bonds. The SMILES string of the molecule is CC(C=O)C1CCc2c(Br)cccc2C1. The zero-order chi connectivity index (χ0) is 10.8. The standard InChI is InChI=1S/C13H15BrO/c1-9(8-15)10-5-6-12-11(7-10)3-2-4-13(12)14/h2-4,8-10H,5-7H2,1H3. The summed E-state index contributed by atoms with van der Waals surface area (Å²) < 4.78 is 1.22. The molecule has 1 aromatic carbocycles. The number of carbonyl (C=O) groups excluding carboxylic acids is 1. The van der Waals surface area contributed by atoms with Crippen molar-refractivity contribution >= 4 is 22.2 Å². The Morgan fingerprint density at radius 2 is 2.33 bits per heavy atom. The van der Waals surface area contributed by atoms with Gasteiger partial charge in [-0.25, -0.2) is 0 Å². The average Bonchev–Trinajstić information content (AvgIpc) is 2.28. The summed E-state index contributed by atoms with van der Waals surface area (Å²) in [7, 11) is 0. The Hall–Kier alpha value is -0.630. The van der Waals surface area contributed by atoms with Gasteiger partial charge >= 0.3 is 0 Å². The van der Waals surface area contributed by atoms with E-state index >= 15 is 0 Å². The molecule has 0 spiro atoms. The van der Waals surface area contributed by atoms with Crippen LogP contribution in [0, 0.1) is 11.8 Å². The Labute approximate surface area is 99.0 Å². The number of hydrogen-bond acceptors (Lipinski definition) is 1. The van der Waals surface area contributed by atoms with Crippen LogP contribution in [0.2, 0.25) is 0 Å². The first kappa shape index (κ1) is 10.9. The third kappa shape index (κ3) is 2.15. The van der Waals surface area contributed by atoms with Crippen LogP contribution in [0.15, 0.2) is 22.7 Å². The molecule has 15 heavy (non-hydrogen) atoms. The molecule has 0 N–H and O–H groups in total. The Morgan fingerprint density at radius 1 is 1.53 bits per heavy atom. The number of benzene rings is 1. The van der Waals surface area contributed by atoms with E-state index in [1.807, 2.05) is 6.92 Å². The maximum absolute atomic E-state index is 10.8. The van der Waals surface area contributed by atoms with E-state index in [9.17, 15) is 4.79 Å². The summed E-state index contributed by atoms with van der Waals surface area (Å²) in [5, 5.41) is 0. The zero-order valence-corrected chi connectivity index (χ0v) is 10.5. The first-order valence-electron chi connectivity index (χ1n) is 5.44. The lowest BCUT2D eigenvalue weighted by molar-refractivity contribution is -0.112. The van der Waals surface area contributed by atoms with Crippen LogP contribution in [0.5, 0.6) is 0 Å². The van der Waals surface area contributed by atoms with Gasteiger partial charge in [-0.05, 0) is 42.4 Å². The normalized spacial score (nSPS) is 21.9. The number of halogens is 1. The molecule has 1 aliphatic carbocycles. The lowest BCUT2D eigenvalue weighted by Crippen LogP contribution is -2.21. The van der Waals surface area contributed by atoms with Gasteiger partial charge in [0.2, 0.25) is 0 Å². The van der Waals surface area contributed by atoms with Gasteiger partial charge in [-0.3, -0.25) is 0 Å². The van der Waals surface area contributed by atoms with E-state index in [4.69, 9.17) is 0 Å². The van der Waals surface area contributed by atoms with Crippen molar-refractivity contribution in [1.29, 1.82) is 0 Å². The highest BCUT2D eigenvalue weighted by molar-refractivity contribution is 9.10. The van der Waals surface area contributed by atoms with Crippen molar-refractivity contribution in [1.82, 2.24) is 0 Å². The molecule has 0 heterocycles. The first-order valence-corrected chi connectivity index (χ1v) is 6.23. The third-order valence-corrected chi connectivity index (χ3v) is 4.16. The van der Waals surface area contributed by atoms with Crippen LogP contribution >= 0.6 is 15.9 Å². The second-order valence-corrected chi connectivity index (χ2v) is 5.23. The minimum Gasteiger partial charge on any atom is -0.303 e. The molecule has 0 radical (unpaired) electrons. The van der Waals surface area contributed by atoms with E-state index in [0.29, 0.717) is 5.92 Å². The summed E-state index contributed by atoms with van der Waals surface area (Å²) in [5.74, 6) is 0.724. The third-order valence-electron chi connectivity index (χ3n) is 3.42. The van der Waals surface area contributed by atoms with Crippen LogP contribution in [0.4, 0.5) is 0 Å². The number of rotatable bonds is 2. The number of aldehydes is 1. The first-order chi connectivity index (χ1) is 7.22. The molecule has 0 fully saturated rings. The highest BCUT2D eigenvalue weighted by Gasteiger charge is 2.23. The Morgan fingerprint density at radius 3 is 3.07 bits per heavy atom. The molecular weight excluding hydrogens is 252 g/mol. The molecule has 1 aromatic rings. The van der Waals surface area contributed by atoms with Crippen LogP contribution in [0.25, 0.3) is 0 Å². The highest BCUT2D eigenvalue weighted by Crippen LogP contribution is 2.33. The highest BCUT2D eigenvalue weighted by atomic mass is 79.9. The molecule has 0 aliphatic heterocycles. The summed E-state index contributed by atoms with van der Waals surface area (Å²) in [6, 6.07) is 6.36. The summed E-state index contributed by atoms with van der Waals surface area (Å²) in [6.45, 7) is 2.03. The van der Waals surface area contributed by atoms with Gasteiger partial charge in [0.15, 0.2) is 0 Å². The van der Waals surface area contributed by atoms with Crippen molar-refractivity contribution in [3.8, 4) is 0 Å². The maximum atomic E-state index is 10.8. The molecule has 2 unspecified atom stereocenters. The van der Waals surface area contributed by atoms with Gasteiger partial charge in [-0.1, -0.05) is 35.0 Å². The fraction of sp³-hybridized carbons (Fsp3) is 0.462. The van der Waals surface area contributed by atoms with Crippen LogP contribution in [-0.2, 0) is 17.6 Å². The van der Waals surface area contributed by atoms with Gasteiger partial charge in [0, 0.05) is 10.4 Å². The molecule has 0 aromatic heterocycles. The minimum absolute atomic E-state index is 0.192.